The van der Waals surface area contributed by atoms with Crippen molar-refractivity contribution in [1.82, 2.24) is 9.55 Å². The number of phenols is 1. The Kier molecular flexibility index (Phi) is 3.39. The zero-order valence-electron chi connectivity index (χ0n) is 11.2. The van der Waals surface area contributed by atoms with Crippen LogP contribution in [0.25, 0.3) is 11.0 Å². The van der Waals surface area contributed by atoms with Crippen LogP contribution in [0.4, 0.5) is 0 Å². The van der Waals surface area contributed by atoms with E-state index in [-0.39, 0.29) is 5.75 Å². The number of benzene rings is 1. The molecule has 0 aliphatic heterocycles. The molecule has 0 bridgehead atoms. The van der Waals surface area contributed by atoms with Crippen LogP contribution >= 0.6 is 0 Å². The second-order valence-electron chi connectivity index (χ2n) is 4.87. The SMILES string of the molecule is NCCc1cn(Cc2cccc(O)c2)c2ncccc12. The average Bonchev–Trinajstić information content (AvgIpc) is 2.78. The highest BCUT2D eigenvalue weighted by Crippen LogP contribution is 2.21. The fourth-order valence-corrected chi connectivity index (χ4v) is 2.52. The third-order valence-electron chi connectivity index (χ3n) is 3.39. The van der Waals surface area contributed by atoms with Crippen molar-refractivity contribution in [3.63, 3.8) is 0 Å². The zero-order valence-corrected chi connectivity index (χ0v) is 11.2. The van der Waals surface area contributed by atoms with E-state index in [1.807, 2.05) is 18.2 Å². The topological polar surface area (TPSA) is 64.1 Å². The third kappa shape index (κ3) is 2.38. The molecule has 4 heteroatoms. The average molecular weight is 267 g/mol. The van der Waals surface area contributed by atoms with E-state index in [0.29, 0.717) is 13.1 Å². The lowest BCUT2D eigenvalue weighted by molar-refractivity contribution is 0.474. The van der Waals surface area contributed by atoms with Crippen LogP contribution < -0.4 is 5.73 Å². The molecule has 0 unspecified atom stereocenters. The summed E-state index contributed by atoms with van der Waals surface area (Å²) >= 11 is 0. The Bertz CT molecular complexity index is 733. The first-order valence-electron chi connectivity index (χ1n) is 6.68. The van der Waals surface area contributed by atoms with Crippen molar-refractivity contribution < 1.29 is 5.11 Å². The van der Waals surface area contributed by atoms with Crippen molar-refractivity contribution in [2.75, 3.05) is 6.54 Å². The molecular formula is C16H17N3O. The summed E-state index contributed by atoms with van der Waals surface area (Å²) in [5, 5.41) is 10.7. The van der Waals surface area contributed by atoms with Crippen LogP contribution in [-0.2, 0) is 13.0 Å². The molecule has 0 atom stereocenters. The van der Waals surface area contributed by atoms with E-state index in [1.165, 1.54) is 5.56 Å². The molecule has 0 radical (unpaired) electrons. The van der Waals surface area contributed by atoms with Gasteiger partial charge in [0.2, 0.25) is 0 Å². The van der Waals surface area contributed by atoms with Gasteiger partial charge in [-0.15, -0.1) is 0 Å². The summed E-state index contributed by atoms with van der Waals surface area (Å²) in [4.78, 5) is 4.46. The first kappa shape index (κ1) is 12.7. The van der Waals surface area contributed by atoms with E-state index in [0.717, 1.165) is 23.0 Å². The lowest BCUT2D eigenvalue weighted by Gasteiger charge is -2.05. The molecule has 0 aliphatic rings. The maximum absolute atomic E-state index is 9.55. The Morgan fingerprint density at radius 2 is 2.10 bits per heavy atom. The van der Waals surface area contributed by atoms with Gasteiger partial charge in [-0.2, -0.15) is 0 Å². The summed E-state index contributed by atoms with van der Waals surface area (Å²) < 4.78 is 2.11. The normalized spacial score (nSPS) is 11.1. The quantitative estimate of drug-likeness (QED) is 0.762. The molecule has 3 N–H and O–H groups in total. The maximum Gasteiger partial charge on any atom is 0.140 e. The van der Waals surface area contributed by atoms with Gasteiger partial charge >= 0.3 is 0 Å². The van der Waals surface area contributed by atoms with Crippen LogP contribution in [0.2, 0.25) is 0 Å². The van der Waals surface area contributed by atoms with Crippen molar-refractivity contribution in [2.45, 2.75) is 13.0 Å². The Hall–Kier alpha value is -2.33. The largest absolute Gasteiger partial charge is 0.508 e. The van der Waals surface area contributed by atoms with E-state index in [9.17, 15) is 5.11 Å². The van der Waals surface area contributed by atoms with Gasteiger partial charge in [0.15, 0.2) is 0 Å². The number of phenolic OH excluding ortho intramolecular Hbond substituents is 1. The van der Waals surface area contributed by atoms with Crippen LogP contribution in [0.1, 0.15) is 11.1 Å². The standard InChI is InChI=1S/C16H17N3O/c17-7-6-13-11-19(16-15(13)5-2-8-18-16)10-12-3-1-4-14(20)9-12/h1-5,8-9,11,20H,6-7,10,17H2. The highest BCUT2D eigenvalue weighted by atomic mass is 16.3. The maximum atomic E-state index is 9.55. The zero-order chi connectivity index (χ0) is 13.9. The van der Waals surface area contributed by atoms with Gasteiger partial charge in [0, 0.05) is 24.3 Å². The minimum absolute atomic E-state index is 0.286. The van der Waals surface area contributed by atoms with Crippen LogP contribution in [0.5, 0.6) is 5.75 Å². The van der Waals surface area contributed by atoms with Crippen LogP contribution in [0, 0.1) is 0 Å². The van der Waals surface area contributed by atoms with Gasteiger partial charge in [-0.1, -0.05) is 12.1 Å². The van der Waals surface area contributed by atoms with Gasteiger partial charge in [0.25, 0.3) is 0 Å². The van der Waals surface area contributed by atoms with Gasteiger partial charge in [-0.25, -0.2) is 4.98 Å². The predicted molar refractivity (Wildman–Crippen MR) is 79.7 cm³/mol. The van der Waals surface area contributed by atoms with Crippen LogP contribution in [0.3, 0.4) is 0 Å². The minimum atomic E-state index is 0.286. The number of nitrogens with zero attached hydrogens (tertiary/aromatic N) is 2. The van der Waals surface area contributed by atoms with E-state index >= 15 is 0 Å². The summed E-state index contributed by atoms with van der Waals surface area (Å²) in [5.41, 5.74) is 8.89. The van der Waals surface area contributed by atoms with Crippen molar-refractivity contribution in [1.29, 1.82) is 0 Å². The number of aromatic hydroxyl groups is 1. The first-order chi connectivity index (χ1) is 9.78. The Balaban J connectivity index is 2.03. The Labute approximate surface area is 117 Å². The van der Waals surface area contributed by atoms with Crippen molar-refractivity contribution in [3.8, 4) is 5.75 Å². The molecule has 2 heterocycles. The molecule has 0 saturated heterocycles. The predicted octanol–water partition coefficient (Wildman–Crippen LogP) is 2.29. The van der Waals surface area contributed by atoms with Gasteiger partial charge in [-0.05, 0) is 48.4 Å². The molecule has 0 spiro atoms. The molecule has 3 aromatic rings. The fourth-order valence-electron chi connectivity index (χ4n) is 2.52. The molecule has 0 aliphatic carbocycles. The molecule has 102 valence electrons. The molecule has 0 saturated carbocycles. The Morgan fingerprint density at radius 1 is 1.20 bits per heavy atom. The van der Waals surface area contributed by atoms with Crippen LogP contribution in [0.15, 0.2) is 48.8 Å². The summed E-state index contributed by atoms with van der Waals surface area (Å²) in [6, 6.07) is 11.3. The monoisotopic (exact) mass is 267 g/mol. The summed E-state index contributed by atoms with van der Waals surface area (Å²) in [7, 11) is 0. The molecule has 4 nitrogen and oxygen atoms in total. The number of fused-ring (bicyclic) bond motifs is 1. The van der Waals surface area contributed by atoms with E-state index < -0.39 is 0 Å². The van der Waals surface area contributed by atoms with Gasteiger partial charge in [0.05, 0.1) is 0 Å². The highest BCUT2D eigenvalue weighted by Gasteiger charge is 2.09. The van der Waals surface area contributed by atoms with Crippen molar-refractivity contribution in [2.24, 2.45) is 5.73 Å². The molecule has 2 aromatic heterocycles. The number of hydrogen-bond donors (Lipinski definition) is 2. The van der Waals surface area contributed by atoms with E-state index in [1.54, 1.807) is 18.3 Å². The van der Waals surface area contributed by atoms with Crippen molar-refractivity contribution >= 4 is 11.0 Å². The van der Waals surface area contributed by atoms with Crippen LogP contribution in [-0.4, -0.2) is 21.2 Å². The number of pyridine rings is 1. The summed E-state index contributed by atoms with van der Waals surface area (Å²) in [5.74, 6) is 0.286. The summed E-state index contributed by atoms with van der Waals surface area (Å²) in [6.07, 6.45) is 4.75. The number of nitrogens with two attached hydrogens (primary N) is 1. The second-order valence-corrected chi connectivity index (χ2v) is 4.87. The lowest BCUT2D eigenvalue weighted by atomic mass is 10.2. The fraction of sp³-hybridized carbons (Fsp3) is 0.188. The number of hydrogen-bond acceptors (Lipinski definition) is 3. The van der Waals surface area contributed by atoms with Gasteiger partial charge in [-0.3, -0.25) is 0 Å². The van der Waals surface area contributed by atoms with E-state index in [4.69, 9.17) is 5.73 Å². The number of rotatable bonds is 4. The molecule has 1 aromatic carbocycles. The van der Waals surface area contributed by atoms with Gasteiger partial charge in [0.1, 0.15) is 11.4 Å². The smallest absolute Gasteiger partial charge is 0.140 e. The second kappa shape index (κ2) is 5.35. The van der Waals surface area contributed by atoms with Gasteiger partial charge < -0.3 is 15.4 Å². The first-order valence-corrected chi connectivity index (χ1v) is 6.68. The molecular weight excluding hydrogens is 250 g/mol. The minimum Gasteiger partial charge on any atom is -0.508 e. The molecule has 20 heavy (non-hydrogen) atoms. The molecule has 3 rings (SSSR count). The Morgan fingerprint density at radius 3 is 2.90 bits per heavy atom. The number of aromatic nitrogens is 2. The van der Waals surface area contributed by atoms with Crippen molar-refractivity contribution in [3.05, 3.63) is 59.9 Å². The van der Waals surface area contributed by atoms with E-state index in [2.05, 4.69) is 21.8 Å². The molecule has 0 fully saturated rings. The summed E-state index contributed by atoms with van der Waals surface area (Å²) in [6.45, 7) is 1.31. The lowest BCUT2D eigenvalue weighted by Crippen LogP contribution is -2.02. The molecule has 0 amide bonds. The third-order valence-corrected chi connectivity index (χ3v) is 3.39. The highest BCUT2D eigenvalue weighted by molar-refractivity contribution is 5.80.